The largest absolute Gasteiger partial charge is 0.383 e. The number of anilines is 1. The smallest absolute Gasteiger partial charge is 0.246 e. The van der Waals surface area contributed by atoms with E-state index < -0.39 is 5.60 Å². The van der Waals surface area contributed by atoms with E-state index in [1.807, 2.05) is 24.4 Å². The normalized spacial score (nSPS) is 13.8. The highest BCUT2D eigenvalue weighted by molar-refractivity contribution is 7.10. The Labute approximate surface area is 156 Å². The first kappa shape index (κ1) is 19.9. The van der Waals surface area contributed by atoms with Gasteiger partial charge < -0.3 is 21.1 Å². The van der Waals surface area contributed by atoms with Crippen molar-refractivity contribution in [2.45, 2.75) is 19.4 Å². The van der Waals surface area contributed by atoms with Crippen LogP contribution in [0.15, 0.2) is 46.8 Å². The van der Waals surface area contributed by atoms with Gasteiger partial charge in [0.1, 0.15) is 18.0 Å². The SMILES string of the molecule is CCNC(=NCC(=O)Nc1ccc(F)cc1)NCC(C)(O)c1cccs1. The van der Waals surface area contributed by atoms with Crippen LogP contribution < -0.4 is 16.0 Å². The number of hydrogen-bond acceptors (Lipinski definition) is 4. The fourth-order valence-electron chi connectivity index (χ4n) is 2.15. The predicted octanol–water partition coefficient (Wildman–Crippen LogP) is 2.29. The summed E-state index contributed by atoms with van der Waals surface area (Å²) in [5.74, 6) is -0.255. The maximum Gasteiger partial charge on any atom is 0.246 e. The lowest BCUT2D eigenvalue weighted by molar-refractivity contribution is -0.114. The highest BCUT2D eigenvalue weighted by Crippen LogP contribution is 2.24. The average Bonchev–Trinajstić information content (AvgIpc) is 3.15. The first-order chi connectivity index (χ1) is 12.4. The van der Waals surface area contributed by atoms with Crippen molar-refractivity contribution < 1.29 is 14.3 Å². The molecule has 6 nitrogen and oxygen atoms in total. The number of thiophene rings is 1. The molecule has 8 heteroatoms. The van der Waals surface area contributed by atoms with Crippen LogP contribution in [0.3, 0.4) is 0 Å². The summed E-state index contributed by atoms with van der Waals surface area (Å²) in [6, 6.07) is 9.27. The first-order valence-electron chi connectivity index (χ1n) is 8.24. The summed E-state index contributed by atoms with van der Waals surface area (Å²) in [4.78, 5) is 17.0. The van der Waals surface area contributed by atoms with Gasteiger partial charge in [-0.25, -0.2) is 9.38 Å². The van der Waals surface area contributed by atoms with Crippen LogP contribution in [0, 0.1) is 5.82 Å². The molecule has 0 aliphatic carbocycles. The Hall–Kier alpha value is -2.45. The van der Waals surface area contributed by atoms with Crippen molar-refractivity contribution in [3.05, 3.63) is 52.5 Å². The van der Waals surface area contributed by atoms with E-state index >= 15 is 0 Å². The van der Waals surface area contributed by atoms with Crippen molar-refractivity contribution in [3.8, 4) is 0 Å². The van der Waals surface area contributed by atoms with Gasteiger partial charge in [-0.1, -0.05) is 6.07 Å². The second kappa shape index (κ2) is 9.30. The van der Waals surface area contributed by atoms with Crippen molar-refractivity contribution >= 4 is 28.9 Å². The fourth-order valence-corrected chi connectivity index (χ4v) is 2.94. The Morgan fingerprint density at radius 2 is 2.00 bits per heavy atom. The van der Waals surface area contributed by atoms with Gasteiger partial charge in [0, 0.05) is 17.1 Å². The second-order valence-electron chi connectivity index (χ2n) is 5.85. The minimum absolute atomic E-state index is 0.103. The topological polar surface area (TPSA) is 85.8 Å². The van der Waals surface area contributed by atoms with Gasteiger partial charge in [0.05, 0.1) is 6.54 Å². The number of aliphatic imine (C=N–C) groups is 1. The molecule has 0 aliphatic rings. The van der Waals surface area contributed by atoms with Crippen LogP contribution in [-0.4, -0.2) is 36.6 Å². The number of guanidine groups is 1. The number of aliphatic hydroxyl groups is 1. The maximum absolute atomic E-state index is 12.9. The molecule has 2 rings (SSSR count). The van der Waals surface area contributed by atoms with E-state index in [0.717, 1.165) is 4.88 Å². The number of amides is 1. The molecule has 0 fully saturated rings. The van der Waals surface area contributed by atoms with E-state index in [9.17, 15) is 14.3 Å². The van der Waals surface area contributed by atoms with Crippen LogP contribution in [0.5, 0.6) is 0 Å². The van der Waals surface area contributed by atoms with Gasteiger partial charge in [-0.3, -0.25) is 4.79 Å². The van der Waals surface area contributed by atoms with E-state index in [4.69, 9.17) is 0 Å². The van der Waals surface area contributed by atoms with Crippen molar-refractivity contribution in [3.63, 3.8) is 0 Å². The summed E-state index contributed by atoms with van der Waals surface area (Å²) in [6.45, 7) is 4.39. The van der Waals surface area contributed by atoms with Crippen LogP contribution in [0.4, 0.5) is 10.1 Å². The van der Waals surface area contributed by atoms with Gasteiger partial charge in [-0.2, -0.15) is 0 Å². The number of nitrogens with one attached hydrogen (secondary N) is 3. The Kier molecular flexibility index (Phi) is 7.11. The summed E-state index contributed by atoms with van der Waals surface area (Å²) in [7, 11) is 0. The minimum Gasteiger partial charge on any atom is -0.383 e. The standard InChI is InChI=1S/C18H23FN4O2S/c1-3-20-17(22-12-18(2,25)15-5-4-10-26-15)21-11-16(24)23-14-8-6-13(19)7-9-14/h4-10,25H,3,11-12H2,1-2H3,(H,23,24)(H2,20,21,22). The molecule has 1 amide bonds. The average molecular weight is 378 g/mol. The molecule has 140 valence electrons. The van der Waals surface area contributed by atoms with E-state index in [1.165, 1.54) is 35.6 Å². The van der Waals surface area contributed by atoms with Gasteiger partial charge in [0.25, 0.3) is 0 Å². The molecule has 4 N–H and O–H groups in total. The number of carbonyl (C=O) groups is 1. The fraction of sp³-hybridized carbons (Fsp3) is 0.333. The molecule has 1 unspecified atom stereocenters. The summed E-state index contributed by atoms with van der Waals surface area (Å²) in [5.41, 5.74) is -0.536. The van der Waals surface area contributed by atoms with Crippen LogP contribution in [0.25, 0.3) is 0 Å². The van der Waals surface area contributed by atoms with Crippen LogP contribution in [0.1, 0.15) is 18.7 Å². The molecule has 0 radical (unpaired) electrons. The third kappa shape index (κ3) is 6.12. The van der Waals surface area contributed by atoms with Crippen LogP contribution >= 0.6 is 11.3 Å². The highest BCUT2D eigenvalue weighted by Gasteiger charge is 2.24. The third-order valence-electron chi connectivity index (χ3n) is 3.51. The van der Waals surface area contributed by atoms with Crippen LogP contribution in [-0.2, 0) is 10.4 Å². The molecule has 1 aromatic carbocycles. The molecule has 0 spiro atoms. The summed E-state index contributed by atoms with van der Waals surface area (Å²) in [5, 5.41) is 21.2. The molecular weight excluding hydrogens is 355 g/mol. The zero-order chi connectivity index (χ0) is 19.0. The molecular formula is C18H23FN4O2S. The lowest BCUT2D eigenvalue weighted by atomic mass is 10.1. The van der Waals surface area contributed by atoms with Gasteiger partial charge in [0.15, 0.2) is 5.96 Å². The lowest BCUT2D eigenvalue weighted by Crippen LogP contribution is -2.44. The highest BCUT2D eigenvalue weighted by atomic mass is 32.1. The molecule has 2 aromatic rings. The molecule has 1 aromatic heterocycles. The molecule has 1 heterocycles. The van der Waals surface area contributed by atoms with Gasteiger partial charge in [-0.15, -0.1) is 11.3 Å². The Bertz CT molecular complexity index is 730. The number of carbonyl (C=O) groups excluding carboxylic acids is 1. The zero-order valence-corrected chi connectivity index (χ0v) is 15.6. The lowest BCUT2D eigenvalue weighted by Gasteiger charge is -2.23. The second-order valence-corrected chi connectivity index (χ2v) is 6.80. The Balaban J connectivity index is 1.91. The van der Waals surface area contributed by atoms with E-state index in [0.29, 0.717) is 18.2 Å². The Morgan fingerprint density at radius 1 is 1.27 bits per heavy atom. The molecule has 0 saturated heterocycles. The molecule has 0 saturated carbocycles. The minimum atomic E-state index is -1.04. The number of hydrogen-bond donors (Lipinski definition) is 4. The zero-order valence-electron chi connectivity index (χ0n) is 14.8. The molecule has 1 atom stereocenters. The predicted molar refractivity (Wildman–Crippen MR) is 103 cm³/mol. The number of nitrogens with zero attached hydrogens (tertiary/aromatic N) is 1. The first-order valence-corrected chi connectivity index (χ1v) is 9.12. The van der Waals surface area contributed by atoms with Gasteiger partial charge in [0.2, 0.25) is 5.91 Å². The number of halogens is 1. The summed E-state index contributed by atoms with van der Waals surface area (Å²) >= 11 is 1.47. The molecule has 26 heavy (non-hydrogen) atoms. The van der Waals surface area contributed by atoms with Crippen molar-refractivity contribution in [1.82, 2.24) is 10.6 Å². The molecule has 0 aliphatic heterocycles. The maximum atomic E-state index is 12.9. The van der Waals surface area contributed by atoms with Crippen molar-refractivity contribution in [2.24, 2.45) is 4.99 Å². The van der Waals surface area contributed by atoms with Crippen LogP contribution in [0.2, 0.25) is 0 Å². The van der Waals surface area contributed by atoms with Gasteiger partial charge >= 0.3 is 0 Å². The Morgan fingerprint density at radius 3 is 2.62 bits per heavy atom. The van der Waals surface area contributed by atoms with Crippen molar-refractivity contribution in [1.29, 1.82) is 0 Å². The monoisotopic (exact) mass is 378 g/mol. The quantitative estimate of drug-likeness (QED) is 0.440. The van der Waals surface area contributed by atoms with Crippen molar-refractivity contribution in [2.75, 3.05) is 25.0 Å². The van der Waals surface area contributed by atoms with Gasteiger partial charge in [-0.05, 0) is 49.6 Å². The summed E-state index contributed by atoms with van der Waals surface area (Å²) < 4.78 is 12.9. The van der Waals surface area contributed by atoms with E-state index in [-0.39, 0.29) is 24.8 Å². The molecule has 0 bridgehead atoms. The summed E-state index contributed by atoms with van der Waals surface area (Å²) in [6.07, 6.45) is 0. The number of rotatable bonds is 7. The van der Waals surface area contributed by atoms with E-state index in [1.54, 1.807) is 6.92 Å². The van der Waals surface area contributed by atoms with E-state index in [2.05, 4.69) is 20.9 Å². The number of benzene rings is 1. The third-order valence-corrected chi connectivity index (χ3v) is 4.63.